The van der Waals surface area contributed by atoms with Crippen LogP contribution in [0.1, 0.15) is 29.2 Å². The van der Waals surface area contributed by atoms with Crippen molar-refractivity contribution in [1.82, 2.24) is 0 Å². The van der Waals surface area contributed by atoms with E-state index in [0.717, 1.165) is 45.1 Å². The van der Waals surface area contributed by atoms with E-state index in [1.54, 1.807) is 0 Å². The Morgan fingerprint density at radius 1 is 0.727 bits per heavy atom. The van der Waals surface area contributed by atoms with E-state index in [1.807, 2.05) is 42.5 Å². The monoisotopic (exact) mass is 427 g/mol. The molecule has 0 radical (unpaired) electrons. The maximum atomic E-state index is 6.38. The van der Waals surface area contributed by atoms with Gasteiger partial charge in [-0.1, -0.05) is 109 Å². The Kier molecular flexibility index (Phi) is 5.99. The lowest BCUT2D eigenvalue weighted by Crippen LogP contribution is -2.09. The van der Waals surface area contributed by atoms with Crippen LogP contribution < -0.4 is 4.74 Å². The fourth-order valence-electron chi connectivity index (χ4n) is 4.07. The molecule has 0 amide bonds. The highest BCUT2D eigenvalue weighted by Crippen LogP contribution is 2.41. The normalized spacial score (nSPS) is 14.7. The number of aliphatic imine (C=N–C) groups is 1. The molecular formula is C31H25NO. The molecule has 1 heterocycles. The minimum atomic E-state index is 0.626. The van der Waals surface area contributed by atoms with Crippen molar-refractivity contribution in [3.8, 4) is 5.75 Å². The van der Waals surface area contributed by atoms with Crippen LogP contribution >= 0.6 is 0 Å². The molecule has 0 saturated heterocycles. The topological polar surface area (TPSA) is 21.6 Å². The molecular weight excluding hydrogens is 402 g/mol. The molecule has 33 heavy (non-hydrogen) atoms. The zero-order chi connectivity index (χ0) is 22.5. The summed E-state index contributed by atoms with van der Waals surface area (Å²) in [6.45, 7) is 2.76. The first kappa shape index (κ1) is 20.7. The summed E-state index contributed by atoms with van der Waals surface area (Å²) in [6.07, 6.45) is 2.21. The smallest absolute Gasteiger partial charge is 0.138 e. The minimum absolute atomic E-state index is 0.626. The lowest BCUT2D eigenvalue weighted by molar-refractivity contribution is 0.505. The van der Waals surface area contributed by atoms with E-state index in [-0.39, 0.29) is 0 Å². The van der Waals surface area contributed by atoms with Crippen LogP contribution in [0.5, 0.6) is 5.75 Å². The summed E-state index contributed by atoms with van der Waals surface area (Å²) in [7, 11) is 0. The quantitative estimate of drug-likeness (QED) is 0.301. The summed E-state index contributed by atoms with van der Waals surface area (Å²) in [5.74, 6) is 1.75. The molecule has 0 bridgehead atoms. The van der Waals surface area contributed by atoms with Crippen molar-refractivity contribution in [3.63, 3.8) is 0 Å². The van der Waals surface area contributed by atoms with Gasteiger partial charge in [-0.05, 0) is 35.8 Å². The van der Waals surface area contributed by atoms with Crippen molar-refractivity contribution in [2.24, 2.45) is 4.99 Å². The van der Waals surface area contributed by atoms with Gasteiger partial charge in [0.25, 0.3) is 0 Å². The Balaban J connectivity index is 1.66. The van der Waals surface area contributed by atoms with Crippen molar-refractivity contribution >= 4 is 17.0 Å². The number of hydrogen-bond acceptors (Lipinski definition) is 2. The lowest BCUT2D eigenvalue weighted by Gasteiger charge is -2.25. The van der Waals surface area contributed by atoms with Gasteiger partial charge in [0.1, 0.15) is 11.5 Å². The van der Waals surface area contributed by atoms with Gasteiger partial charge in [-0.3, -0.25) is 4.99 Å². The second-order valence-electron chi connectivity index (χ2n) is 8.03. The molecule has 5 rings (SSSR count). The molecule has 0 unspecified atom stereocenters. The van der Waals surface area contributed by atoms with Crippen LogP contribution in [-0.4, -0.2) is 5.71 Å². The predicted molar refractivity (Wildman–Crippen MR) is 137 cm³/mol. The van der Waals surface area contributed by atoms with Gasteiger partial charge < -0.3 is 4.74 Å². The van der Waals surface area contributed by atoms with Crippen LogP contribution in [0.2, 0.25) is 0 Å². The van der Waals surface area contributed by atoms with Gasteiger partial charge in [0.2, 0.25) is 0 Å². The number of ether oxygens (including phenoxy) is 1. The van der Waals surface area contributed by atoms with Gasteiger partial charge in [0.15, 0.2) is 0 Å². The van der Waals surface area contributed by atoms with Gasteiger partial charge in [-0.2, -0.15) is 0 Å². The first-order valence-electron chi connectivity index (χ1n) is 11.2. The highest BCUT2D eigenvalue weighted by atomic mass is 16.5. The van der Waals surface area contributed by atoms with E-state index in [1.165, 1.54) is 5.56 Å². The van der Waals surface area contributed by atoms with Gasteiger partial charge >= 0.3 is 0 Å². The number of benzene rings is 4. The zero-order valence-electron chi connectivity index (χ0n) is 18.6. The fourth-order valence-corrected chi connectivity index (χ4v) is 4.07. The first-order valence-corrected chi connectivity index (χ1v) is 11.2. The standard InChI is InChI=1S/C31H25NO/c1-23-28(27-19-11-12-20-30(27)33-31(23)26-17-9-4-10-18-26)21-29(25-15-7-3-8-16-25)32-22-24-13-5-2-6-14-24/h2-21H,22H2,1H3. The third-order valence-electron chi connectivity index (χ3n) is 5.80. The maximum absolute atomic E-state index is 6.38. The molecule has 0 aromatic heterocycles. The SMILES string of the molecule is CC1=C(c2ccccc2)Oc2ccccc2C1=CC(=NCc1ccccc1)c1ccccc1. The van der Waals surface area contributed by atoms with Gasteiger partial charge in [-0.15, -0.1) is 0 Å². The number of para-hydroxylation sites is 1. The second-order valence-corrected chi connectivity index (χ2v) is 8.03. The summed E-state index contributed by atoms with van der Waals surface area (Å²) in [5, 5.41) is 0. The molecule has 4 aromatic carbocycles. The molecule has 0 N–H and O–H groups in total. The van der Waals surface area contributed by atoms with Crippen molar-refractivity contribution in [1.29, 1.82) is 0 Å². The number of allylic oxidation sites excluding steroid dienone is 3. The van der Waals surface area contributed by atoms with Crippen LogP contribution in [0, 0.1) is 0 Å². The van der Waals surface area contributed by atoms with E-state index < -0.39 is 0 Å². The molecule has 160 valence electrons. The summed E-state index contributed by atoms with van der Waals surface area (Å²) in [4.78, 5) is 5.04. The van der Waals surface area contributed by atoms with Crippen molar-refractivity contribution in [2.75, 3.05) is 0 Å². The molecule has 0 saturated carbocycles. The highest BCUT2D eigenvalue weighted by Gasteiger charge is 2.23. The van der Waals surface area contributed by atoms with Crippen LogP contribution in [0.3, 0.4) is 0 Å². The summed E-state index contributed by atoms with van der Waals surface area (Å²) >= 11 is 0. The van der Waals surface area contributed by atoms with E-state index in [4.69, 9.17) is 9.73 Å². The molecule has 0 fully saturated rings. The van der Waals surface area contributed by atoms with Gasteiger partial charge in [0.05, 0.1) is 12.3 Å². The maximum Gasteiger partial charge on any atom is 0.138 e. The third-order valence-corrected chi connectivity index (χ3v) is 5.80. The second kappa shape index (κ2) is 9.54. The Bertz CT molecular complexity index is 1330. The molecule has 1 aliphatic heterocycles. The highest BCUT2D eigenvalue weighted by molar-refractivity contribution is 6.14. The molecule has 0 aliphatic carbocycles. The molecule has 4 aromatic rings. The average Bonchev–Trinajstić information content (AvgIpc) is 2.89. The number of fused-ring (bicyclic) bond motifs is 1. The van der Waals surface area contributed by atoms with Crippen molar-refractivity contribution in [3.05, 3.63) is 149 Å². The van der Waals surface area contributed by atoms with Gasteiger partial charge in [-0.25, -0.2) is 0 Å². The van der Waals surface area contributed by atoms with E-state index in [2.05, 4.69) is 85.8 Å². The van der Waals surface area contributed by atoms with E-state index in [9.17, 15) is 0 Å². The largest absolute Gasteiger partial charge is 0.456 e. The molecule has 1 aliphatic rings. The third kappa shape index (κ3) is 4.56. The Labute approximate surface area is 195 Å². The average molecular weight is 428 g/mol. The Morgan fingerprint density at radius 3 is 2.06 bits per heavy atom. The Morgan fingerprint density at radius 2 is 1.33 bits per heavy atom. The first-order chi connectivity index (χ1) is 16.3. The fraction of sp³-hybridized carbons (Fsp3) is 0.0645. The molecule has 2 heteroatoms. The van der Waals surface area contributed by atoms with Crippen LogP contribution in [0.25, 0.3) is 11.3 Å². The predicted octanol–water partition coefficient (Wildman–Crippen LogP) is 7.58. The van der Waals surface area contributed by atoms with Crippen LogP contribution in [0.4, 0.5) is 0 Å². The van der Waals surface area contributed by atoms with Gasteiger partial charge in [0, 0.05) is 16.7 Å². The van der Waals surface area contributed by atoms with Crippen molar-refractivity contribution in [2.45, 2.75) is 13.5 Å². The molecule has 0 spiro atoms. The lowest BCUT2D eigenvalue weighted by atomic mass is 9.91. The summed E-state index contributed by atoms with van der Waals surface area (Å²) in [5.41, 5.74) is 7.62. The molecule has 0 atom stereocenters. The summed E-state index contributed by atoms with van der Waals surface area (Å²) in [6, 6.07) is 39.3. The van der Waals surface area contributed by atoms with Crippen molar-refractivity contribution < 1.29 is 4.74 Å². The number of hydrogen-bond donors (Lipinski definition) is 0. The Hall–Kier alpha value is -4.17. The van der Waals surface area contributed by atoms with Crippen LogP contribution in [-0.2, 0) is 6.54 Å². The van der Waals surface area contributed by atoms with E-state index >= 15 is 0 Å². The summed E-state index contributed by atoms with van der Waals surface area (Å²) < 4.78 is 6.38. The number of rotatable bonds is 5. The number of nitrogens with zero attached hydrogens (tertiary/aromatic N) is 1. The zero-order valence-corrected chi connectivity index (χ0v) is 18.6. The minimum Gasteiger partial charge on any atom is -0.456 e. The molecule has 2 nitrogen and oxygen atoms in total. The van der Waals surface area contributed by atoms with E-state index in [0.29, 0.717) is 6.54 Å². The van der Waals surface area contributed by atoms with Crippen LogP contribution in [0.15, 0.2) is 132 Å².